The van der Waals surface area contributed by atoms with Crippen LogP contribution in [-0.2, 0) is 28.8 Å². The highest BCUT2D eigenvalue weighted by Crippen LogP contribution is 2.68. The zero-order valence-electron chi connectivity index (χ0n) is 51.6. The van der Waals surface area contributed by atoms with Crippen LogP contribution in [0.2, 0.25) is 0 Å². The summed E-state index contributed by atoms with van der Waals surface area (Å²) >= 11 is 2.65. The molecule has 4 saturated carbocycles. The minimum atomic E-state index is -1.07. The number of Topliss-reactive ketones (excluding diaryl/α,β-unsaturated/α-hetero) is 1. The molecule has 18 nitrogen and oxygen atoms in total. The minimum Gasteiger partial charge on any atom is -0.480 e. The molecule has 4 amide bonds. The number of allylic oxidation sites excluding steroid dienone is 2. The highest BCUT2D eigenvalue weighted by atomic mass is 32.2. The van der Waals surface area contributed by atoms with Crippen molar-refractivity contribution in [3.63, 3.8) is 0 Å². The Kier molecular flexibility index (Phi) is 21.6. The lowest BCUT2D eigenvalue weighted by molar-refractivity contribution is -0.142. The van der Waals surface area contributed by atoms with E-state index in [2.05, 4.69) is 41.4 Å². The van der Waals surface area contributed by atoms with E-state index in [0.717, 1.165) is 42.2 Å². The number of benzene rings is 1. The number of likely N-dealkylation sites (N-methyl/N-ethyl adjacent to an activating group) is 1. The Morgan fingerprint density at radius 1 is 0.847 bits per heavy atom. The molecule has 468 valence electrons. The lowest BCUT2D eigenvalue weighted by atomic mass is 9.44. The number of hydrogen-bond acceptors (Lipinski definition) is 14. The molecule has 8 rings (SSSR count). The minimum absolute atomic E-state index is 0.00910. The second-order valence-electron chi connectivity index (χ2n) is 27.0. The van der Waals surface area contributed by atoms with Crippen molar-refractivity contribution in [2.75, 3.05) is 39.0 Å². The number of carbonyl (C=O) groups excluding carboxylic acids is 5. The van der Waals surface area contributed by atoms with Crippen molar-refractivity contribution in [3.8, 4) is 5.75 Å². The first kappa shape index (κ1) is 65.8. The van der Waals surface area contributed by atoms with Crippen molar-refractivity contribution in [2.45, 2.75) is 202 Å². The number of thiazole rings is 1. The van der Waals surface area contributed by atoms with Gasteiger partial charge in [0.05, 0.1) is 22.4 Å². The van der Waals surface area contributed by atoms with Crippen LogP contribution in [0.5, 0.6) is 5.75 Å². The molecule has 12 unspecified atom stereocenters. The molecule has 0 bridgehead atoms. The Balaban J connectivity index is 0.765. The quantitative estimate of drug-likeness (QED) is 0.0479. The van der Waals surface area contributed by atoms with Gasteiger partial charge in [-0.25, -0.2) is 19.4 Å². The number of aliphatic hydroxyl groups excluding tert-OH is 2. The summed E-state index contributed by atoms with van der Waals surface area (Å²) in [6, 6.07) is 3.22. The number of hydrogen-bond donors (Lipinski definition) is 6. The zero-order valence-corrected chi connectivity index (χ0v) is 53.3. The number of unbranched alkanes of at least 4 members (excludes halogenated alkanes) is 3. The number of nitrogens with zero attached hydrogens (tertiary/aromatic N) is 4. The zero-order chi connectivity index (χ0) is 61.7. The van der Waals surface area contributed by atoms with Gasteiger partial charge >= 0.3 is 18.0 Å². The Labute approximate surface area is 510 Å². The molecular formula is C65H94N6O12S2. The van der Waals surface area contributed by atoms with E-state index >= 15 is 0 Å². The average molecular weight is 1220 g/mol. The molecule has 1 aromatic carbocycles. The predicted molar refractivity (Wildman–Crippen MR) is 330 cm³/mol. The van der Waals surface area contributed by atoms with Crippen LogP contribution in [0.1, 0.15) is 182 Å². The number of amides is 4. The van der Waals surface area contributed by atoms with Crippen molar-refractivity contribution < 1.29 is 58.7 Å². The van der Waals surface area contributed by atoms with Gasteiger partial charge in [-0.15, -0.1) is 23.1 Å². The summed E-state index contributed by atoms with van der Waals surface area (Å²) in [4.78, 5) is 103. The maximum atomic E-state index is 14.0. The molecule has 2 aromatic rings. The lowest BCUT2D eigenvalue weighted by Crippen LogP contribution is -2.54. The molecule has 85 heavy (non-hydrogen) atoms. The molecule has 4 fully saturated rings. The fourth-order valence-electron chi connectivity index (χ4n) is 16.1. The molecule has 2 heterocycles. The number of ether oxygens (including phenoxy) is 1. The van der Waals surface area contributed by atoms with Gasteiger partial charge in [-0.2, -0.15) is 0 Å². The highest BCUT2D eigenvalue weighted by Gasteiger charge is 2.60. The predicted octanol–water partition coefficient (Wildman–Crippen LogP) is 10.4. The number of fused-ring (bicyclic) bond motifs is 6. The van der Waals surface area contributed by atoms with Gasteiger partial charge in [0, 0.05) is 64.3 Å². The number of carboxylic acid groups (broad SMARTS) is 2. The second kappa shape index (κ2) is 27.9. The van der Waals surface area contributed by atoms with E-state index < -0.39 is 41.6 Å². The third-order valence-electron chi connectivity index (χ3n) is 21.2. The van der Waals surface area contributed by atoms with Crippen LogP contribution in [0.15, 0.2) is 45.5 Å². The van der Waals surface area contributed by atoms with Gasteiger partial charge < -0.3 is 45.6 Å². The van der Waals surface area contributed by atoms with Crippen LogP contribution in [-0.4, -0.2) is 145 Å². The van der Waals surface area contributed by atoms with Crippen LogP contribution < -0.4 is 15.4 Å². The van der Waals surface area contributed by atoms with E-state index in [1.807, 2.05) is 13.8 Å². The molecule has 5 aliphatic carbocycles. The number of aromatic nitrogens is 1. The first-order chi connectivity index (χ1) is 40.2. The van der Waals surface area contributed by atoms with Crippen molar-refractivity contribution in [1.29, 1.82) is 0 Å². The number of rotatable bonds is 26. The third-order valence-corrected chi connectivity index (χ3v) is 23.4. The number of nitrogens with one attached hydrogen (secondary N) is 2. The summed E-state index contributed by atoms with van der Waals surface area (Å²) in [5.74, 6) is 1.52. The van der Waals surface area contributed by atoms with Gasteiger partial charge in [0.1, 0.15) is 21.8 Å². The normalized spacial score (nSPS) is 28.2. The standard InChI is InChI=1S/C65H94N6O12S2/c1-37(45-21-22-46-44-20-18-41-33-42(72)25-27-64(41,7)47(44)26-28-65(45,46)8)17-24-53(74)67-49(60(78)79)15-12-13-29-66-52(73)16-11-10-14-30-71(32-31-70(9)54(75)35-63(5,6)55-40(4)56(76)38(2)39(3)57(55)77)62(82)83-43-19-23-48-51(34-43)85-59(68-48)58-69-50(36-84-58)61(80)81/h19,23,34,37,41-42,44-47,49-50,57,72,77H,10-18,20-22,24-33,35-36H2,1-9H3,(H,66,73)(H,67,74)(H,78,79)(H,80,81). The van der Waals surface area contributed by atoms with Crippen molar-refractivity contribution in [3.05, 3.63) is 45.5 Å². The van der Waals surface area contributed by atoms with Crippen LogP contribution in [0.3, 0.4) is 0 Å². The number of carbonyl (C=O) groups is 7. The summed E-state index contributed by atoms with van der Waals surface area (Å²) < 4.78 is 6.64. The Hall–Kier alpha value is -5.18. The summed E-state index contributed by atoms with van der Waals surface area (Å²) in [5.41, 5.74) is 2.41. The van der Waals surface area contributed by atoms with Crippen LogP contribution in [0.25, 0.3) is 10.2 Å². The summed E-state index contributed by atoms with van der Waals surface area (Å²) in [7, 11) is 1.65. The van der Waals surface area contributed by atoms with Crippen molar-refractivity contribution in [1.82, 2.24) is 25.4 Å². The lowest BCUT2D eigenvalue weighted by Gasteiger charge is -2.61. The molecule has 6 aliphatic rings. The summed E-state index contributed by atoms with van der Waals surface area (Å²) in [6.07, 6.45) is 13.0. The molecule has 0 spiro atoms. The van der Waals surface area contributed by atoms with E-state index in [1.54, 1.807) is 46.0 Å². The number of carboxylic acids is 2. The molecule has 20 heteroatoms. The average Bonchev–Trinajstić information content (AvgIpc) is 1.75. The van der Waals surface area contributed by atoms with Crippen LogP contribution in [0, 0.1) is 51.8 Å². The Morgan fingerprint density at radius 2 is 1.59 bits per heavy atom. The first-order valence-corrected chi connectivity index (χ1v) is 33.2. The van der Waals surface area contributed by atoms with E-state index in [0.29, 0.717) is 118 Å². The number of aliphatic hydroxyl groups is 2. The maximum Gasteiger partial charge on any atom is 0.415 e. The second-order valence-corrected chi connectivity index (χ2v) is 29.0. The molecule has 0 radical (unpaired) electrons. The van der Waals surface area contributed by atoms with Crippen LogP contribution in [0.4, 0.5) is 4.79 Å². The maximum absolute atomic E-state index is 14.0. The molecule has 0 saturated heterocycles. The molecule has 1 aromatic heterocycles. The fourth-order valence-corrected chi connectivity index (χ4v) is 18.2. The molecule has 12 atom stereocenters. The number of thioether (sulfide) groups is 1. The smallest absolute Gasteiger partial charge is 0.415 e. The van der Waals surface area contributed by atoms with Crippen molar-refractivity contribution >= 4 is 79.9 Å². The van der Waals surface area contributed by atoms with Crippen LogP contribution >= 0.6 is 23.1 Å². The fraction of sp³-hybridized carbons (Fsp3) is 0.708. The summed E-state index contributed by atoms with van der Waals surface area (Å²) in [6.45, 7) is 17.0. The van der Waals surface area contributed by atoms with Gasteiger partial charge in [-0.05, 0) is 203 Å². The largest absolute Gasteiger partial charge is 0.480 e. The van der Waals surface area contributed by atoms with E-state index in [-0.39, 0.29) is 79.7 Å². The molecular weight excluding hydrogens is 1120 g/mol. The van der Waals surface area contributed by atoms with Gasteiger partial charge in [0.2, 0.25) is 17.7 Å². The third kappa shape index (κ3) is 15.0. The van der Waals surface area contributed by atoms with Gasteiger partial charge in [0.25, 0.3) is 0 Å². The summed E-state index contributed by atoms with van der Waals surface area (Å²) in [5, 5.41) is 48.0. The van der Waals surface area contributed by atoms with Gasteiger partial charge in [-0.3, -0.25) is 24.2 Å². The van der Waals surface area contributed by atoms with Gasteiger partial charge in [0.15, 0.2) is 11.8 Å². The molecule has 1 aliphatic heterocycles. The van der Waals surface area contributed by atoms with E-state index in [4.69, 9.17) is 4.74 Å². The SMILES string of the molecule is CC1=C(C)C(O)C(C(C)(C)CC(=O)N(C)CCN(CCCCCC(=O)NCCCCC(NC(=O)CCC(C)C2CCC3C4CCC5CC(O)CCC5(C)C4CCC23C)C(=O)O)C(=O)Oc2ccc3nc(C4=NC(C(=O)O)CS4)sc3c2)=C(C)C1=O. The molecule has 6 N–H and O–H groups in total. The Bertz CT molecular complexity index is 2940. The highest BCUT2D eigenvalue weighted by molar-refractivity contribution is 8.15. The number of ketones is 1. The van der Waals surface area contributed by atoms with Gasteiger partial charge in [-0.1, -0.05) is 41.0 Å². The Morgan fingerprint density at radius 3 is 2.32 bits per heavy atom. The number of aliphatic carboxylic acids is 2. The van der Waals surface area contributed by atoms with E-state index in [1.165, 1.54) is 71.4 Å². The monoisotopic (exact) mass is 1210 g/mol. The topological polar surface area (TPSA) is 265 Å². The first-order valence-electron chi connectivity index (χ1n) is 31.4. The van der Waals surface area contributed by atoms with Crippen molar-refractivity contribution in [2.24, 2.45) is 56.7 Å². The number of aliphatic imine (C=N–C) groups is 1. The van der Waals surface area contributed by atoms with E-state index in [9.17, 15) is 54.0 Å².